The average molecular weight is 318 g/mol. The maximum atomic E-state index is 12.9. The van der Waals surface area contributed by atoms with Gasteiger partial charge in [0.25, 0.3) is 0 Å². The van der Waals surface area contributed by atoms with Gasteiger partial charge in [0.05, 0.1) is 16.2 Å². The summed E-state index contributed by atoms with van der Waals surface area (Å²) in [4.78, 5) is 0.260. The monoisotopic (exact) mass is 318 g/mol. The Labute approximate surface area is 132 Å². The van der Waals surface area contributed by atoms with Crippen molar-refractivity contribution in [3.63, 3.8) is 0 Å². The van der Waals surface area contributed by atoms with E-state index < -0.39 is 21.2 Å². The molecule has 2 atom stereocenters. The molecular weight excluding hydrogens is 296 g/mol. The minimum atomic E-state index is -3.59. The number of aliphatic hydroxyl groups excluding tert-OH is 1. The van der Waals surface area contributed by atoms with E-state index in [4.69, 9.17) is 0 Å². The first-order valence-electron chi connectivity index (χ1n) is 7.45. The topological polar surface area (TPSA) is 54.4 Å². The summed E-state index contributed by atoms with van der Waals surface area (Å²) in [6.45, 7) is 3.93. The Morgan fingerprint density at radius 2 is 1.41 bits per heavy atom. The van der Waals surface area contributed by atoms with Gasteiger partial charge in [-0.25, -0.2) is 8.42 Å². The van der Waals surface area contributed by atoms with Crippen LogP contribution >= 0.6 is 0 Å². The average Bonchev–Trinajstić information content (AvgIpc) is 2.53. The quantitative estimate of drug-likeness (QED) is 0.885. The molecule has 0 unspecified atom stereocenters. The van der Waals surface area contributed by atoms with Crippen molar-refractivity contribution in [1.29, 1.82) is 0 Å². The van der Waals surface area contributed by atoms with Crippen LogP contribution in [0, 0.1) is 5.92 Å². The molecule has 2 aromatic carbocycles. The van der Waals surface area contributed by atoms with Crippen molar-refractivity contribution in [2.45, 2.75) is 36.5 Å². The van der Waals surface area contributed by atoms with E-state index in [1.54, 1.807) is 54.6 Å². The van der Waals surface area contributed by atoms with Gasteiger partial charge in [0.1, 0.15) is 0 Å². The predicted molar refractivity (Wildman–Crippen MR) is 88.3 cm³/mol. The Balaban J connectivity index is 2.42. The van der Waals surface area contributed by atoms with Crippen LogP contribution in [0.15, 0.2) is 65.6 Å². The number of benzene rings is 2. The fourth-order valence-electron chi connectivity index (χ4n) is 2.54. The van der Waals surface area contributed by atoms with Crippen LogP contribution in [-0.4, -0.2) is 18.8 Å². The van der Waals surface area contributed by atoms with Crippen LogP contribution in [0.2, 0.25) is 0 Å². The molecular formula is C18H22O3S. The van der Waals surface area contributed by atoms with Crippen LogP contribution in [0.5, 0.6) is 0 Å². The van der Waals surface area contributed by atoms with E-state index in [0.717, 1.165) is 0 Å². The standard InChI is InChI=1S/C18H22O3S/c1-14(2)13-17(18(19)15-9-5-3-6-10-15)22(20,21)16-11-7-4-8-12-16/h3-12,14,17-19H,13H2,1-2H3/t17-,18-/m0/s1. The largest absolute Gasteiger partial charge is 0.387 e. The van der Waals surface area contributed by atoms with Crippen molar-refractivity contribution < 1.29 is 13.5 Å². The van der Waals surface area contributed by atoms with Gasteiger partial charge in [0, 0.05) is 0 Å². The van der Waals surface area contributed by atoms with Gasteiger partial charge in [0.2, 0.25) is 0 Å². The zero-order chi connectivity index (χ0) is 16.2. The molecule has 0 aliphatic heterocycles. The zero-order valence-corrected chi connectivity index (χ0v) is 13.7. The highest BCUT2D eigenvalue weighted by molar-refractivity contribution is 7.92. The highest BCUT2D eigenvalue weighted by atomic mass is 32.2. The molecule has 22 heavy (non-hydrogen) atoms. The zero-order valence-electron chi connectivity index (χ0n) is 12.9. The van der Waals surface area contributed by atoms with Crippen LogP contribution in [0.3, 0.4) is 0 Å². The Kier molecular flexibility index (Phi) is 5.37. The highest BCUT2D eigenvalue weighted by Gasteiger charge is 2.34. The van der Waals surface area contributed by atoms with Gasteiger partial charge in [-0.05, 0) is 30.0 Å². The highest BCUT2D eigenvalue weighted by Crippen LogP contribution is 2.31. The predicted octanol–water partition coefficient (Wildman–Crippen LogP) is 3.61. The molecule has 2 aromatic rings. The summed E-state index contributed by atoms with van der Waals surface area (Å²) >= 11 is 0. The first-order chi connectivity index (χ1) is 10.4. The molecule has 4 heteroatoms. The molecule has 0 fully saturated rings. The molecule has 0 aromatic heterocycles. The van der Waals surface area contributed by atoms with Gasteiger partial charge in [-0.15, -0.1) is 0 Å². The van der Waals surface area contributed by atoms with Crippen molar-refractivity contribution in [3.05, 3.63) is 66.2 Å². The minimum absolute atomic E-state index is 0.168. The fraction of sp³-hybridized carbons (Fsp3) is 0.333. The van der Waals surface area contributed by atoms with Crippen molar-refractivity contribution >= 4 is 9.84 Å². The number of hydrogen-bond acceptors (Lipinski definition) is 3. The van der Waals surface area contributed by atoms with Crippen LogP contribution < -0.4 is 0 Å². The van der Waals surface area contributed by atoms with Gasteiger partial charge < -0.3 is 5.11 Å². The number of aliphatic hydroxyl groups is 1. The molecule has 1 N–H and O–H groups in total. The first kappa shape index (κ1) is 16.7. The van der Waals surface area contributed by atoms with Crippen LogP contribution in [0.4, 0.5) is 0 Å². The molecule has 0 heterocycles. The molecule has 0 spiro atoms. The van der Waals surface area contributed by atoms with E-state index in [-0.39, 0.29) is 10.8 Å². The van der Waals surface area contributed by atoms with E-state index >= 15 is 0 Å². The molecule has 0 aliphatic carbocycles. The molecule has 0 saturated carbocycles. The van der Waals surface area contributed by atoms with Crippen molar-refractivity contribution in [2.75, 3.05) is 0 Å². The third-order valence-electron chi connectivity index (χ3n) is 3.67. The molecule has 0 bridgehead atoms. The summed E-state index contributed by atoms with van der Waals surface area (Å²) in [6, 6.07) is 17.3. The van der Waals surface area contributed by atoms with Gasteiger partial charge in [-0.2, -0.15) is 0 Å². The van der Waals surface area contributed by atoms with E-state index in [1.807, 2.05) is 19.9 Å². The SMILES string of the molecule is CC(C)C[C@@H]([C@@H](O)c1ccccc1)S(=O)(=O)c1ccccc1. The summed E-state index contributed by atoms with van der Waals surface area (Å²) in [5, 5.41) is 9.80. The smallest absolute Gasteiger partial charge is 0.184 e. The Bertz CT molecular complexity index is 679. The van der Waals surface area contributed by atoms with E-state index in [0.29, 0.717) is 12.0 Å². The van der Waals surface area contributed by atoms with Crippen molar-refractivity contribution in [3.8, 4) is 0 Å². The van der Waals surface area contributed by atoms with Crippen molar-refractivity contribution in [2.24, 2.45) is 5.92 Å². The molecule has 118 valence electrons. The van der Waals surface area contributed by atoms with E-state index in [1.165, 1.54) is 0 Å². The van der Waals surface area contributed by atoms with Gasteiger partial charge in [-0.1, -0.05) is 62.4 Å². The van der Waals surface area contributed by atoms with Crippen LogP contribution in [0.25, 0.3) is 0 Å². The summed E-state index contributed by atoms with van der Waals surface area (Å²) < 4.78 is 25.8. The summed E-state index contributed by atoms with van der Waals surface area (Å²) in [5.41, 5.74) is 0.632. The van der Waals surface area contributed by atoms with Gasteiger partial charge in [-0.3, -0.25) is 0 Å². The third kappa shape index (κ3) is 3.76. The maximum Gasteiger partial charge on any atom is 0.184 e. The minimum Gasteiger partial charge on any atom is -0.387 e. The lowest BCUT2D eigenvalue weighted by atomic mass is 9.99. The van der Waals surface area contributed by atoms with Gasteiger partial charge >= 0.3 is 0 Å². The number of rotatable bonds is 6. The second-order valence-electron chi connectivity index (χ2n) is 5.88. The molecule has 3 nitrogen and oxygen atoms in total. The molecule has 2 rings (SSSR count). The Hall–Kier alpha value is -1.65. The number of hydrogen-bond donors (Lipinski definition) is 1. The normalized spacial score (nSPS) is 14.7. The second kappa shape index (κ2) is 7.07. The summed E-state index contributed by atoms with van der Waals surface area (Å²) in [5.74, 6) is 0.168. The van der Waals surface area contributed by atoms with Crippen molar-refractivity contribution in [1.82, 2.24) is 0 Å². The lowest BCUT2D eigenvalue weighted by Crippen LogP contribution is -2.30. The first-order valence-corrected chi connectivity index (χ1v) is 8.99. The van der Waals surface area contributed by atoms with Gasteiger partial charge in [0.15, 0.2) is 9.84 Å². The molecule has 0 aliphatic rings. The lowest BCUT2D eigenvalue weighted by molar-refractivity contribution is 0.162. The Morgan fingerprint density at radius 1 is 0.909 bits per heavy atom. The summed E-state index contributed by atoms with van der Waals surface area (Å²) in [6.07, 6.45) is -0.624. The molecule has 0 radical (unpaired) electrons. The number of sulfone groups is 1. The molecule has 0 amide bonds. The Morgan fingerprint density at radius 3 is 1.91 bits per heavy atom. The van der Waals surface area contributed by atoms with E-state index in [2.05, 4.69) is 0 Å². The summed E-state index contributed by atoms with van der Waals surface area (Å²) in [7, 11) is -3.59. The molecule has 0 saturated heterocycles. The maximum absolute atomic E-state index is 12.9. The lowest BCUT2D eigenvalue weighted by Gasteiger charge is -2.25. The fourth-order valence-corrected chi connectivity index (χ4v) is 4.56. The van der Waals surface area contributed by atoms with Crippen LogP contribution in [-0.2, 0) is 9.84 Å². The van der Waals surface area contributed by atoms with Crippen LogP contribution in [0.1, 0.15) is 31.9 Å². The third-order valence-corrected chi connectivity index (χ3v) is 5.84. The second-order valence-corrected chi connectivity index (χ2v) is 8.05. The van der Waals surface area contributed by atoms with E-state index in [9.17, 15) is 13.5 Å².